The standard InChI is InChI=1S/C9H7BrClF2NO2/c1-16-9(15)7-5(11)2-4(8(12)13)6(3-10)14-7/h2,8H,3H2,1H3. The first kappa shape index (κ1) is 13.3. The van der Waals surface area contributed by atoms with Gasteiger partial charge in [-0.05, 0) is 6.07 Å². The quantitative estimate of drug-likeness (QED) is 0.634. The highest BCUT2D eigenvalue weighted by atomic mass is 79.9. The van der Waals surface area contributed by atoms with Gasteiger partial charge in [-0.1, -0.05) is 27.5 Å². The Balaban J connectivity index is 3.31. The predicted molar refractivity (Wildman–Crippen MR) is 58.2 cm³/mol. The molecule has 3 nitrogen and oxygen atoms in total. The Kier molecular flexibility index (Phi) is 4.61. The molecular formula is C9H7BrClF2NO2. The van der Waals surface area contributed by atoms with Gasteiger partial charge in [0.05, 0.1) is 17.8 Å². The number of esters is 1. The van der Waals surface area contributed by atoms with E-state index in [-0.39, 0.29) is 27.3 Å². The number of halogens is 4. The second-order valence-electron chi connectivity index (χ2n) is 2.78. The van der Waals surface area contributed by atoms with E-state index in [0.717, 1.165) is 13.2 Å². The predicted octanol–water partition coefficient (Wildman–Crippen LogP) is 3.35. The molecule has 1 heterocycles. The van der Waals surface area contributed by atoms with Crippen molar-refractivity contribution < 1.29 is 18.3 Å². The molecule has 16 heavy (non-hydrogen) atoms. The largest absolute Gasteiger partial charge is 0.464 e. The second kappa shape index (κ2) is 5.54. The molecule has 0 radical (unpaired) electrons. The molecule has 1 aromatic heterocycles. The Morgan fingerprint density at radius 1 is 1.69 bits per heavy atom. The van der Waals surface area contributed by atoms with Crippen molar-refractivity contribution in [3.63, 3.8) is 0 Å². The number of nitrogens with zero attached hydrogens (tertiary/aromatic N) is 1. The van der Waals surface area contributed by atoms with E-state index in [9.17, 15) is 13.6 Å². The minimum atomic E-state index is -2.69. The molecule has 0 amide bonds. The van der Waals surface area contributed by atoms with Crippen LogP contribution in [-0.2, 0) is 10.1 Å². The van der Waals surface area contributed by atoms with E-state index >= 15 is 0 Å². The van der Waals surface area contributed by atoms with Gasteiger partial charge in [0.1, 0.15) is 0 Å². The van der Waals surface area contributed by atoms with Crippen molar-refractivity contribution in [2.45, 2.75) is 11.8 Å². The Morgan fingerprint density at radius 3 is 2.75 bits per heavy atom. The molecule has 1 rings (SSSR count). The van der Waals surface area contributed by atoms with Gasteiger partial charge in [0.2, 0.25) is 0 Å². The number of rotatable bonds is 3. The highest BCUT2D eigenvalue weighted by Gasteiger charge is 2.20. The Labute approximate surface area is 104 Å². The van der Waals surface area contributed by atoms with Crippen molar-refractivity contribution in [2.75, 3.05) is 7.11 Å². The van der Waals surface area contributed by atoms with E-state index in [1.165, 1.54) is 0 Å². The fraction of sp³-hybridized carbons (Fsp3) is 0.333. The minimum absolute atomic E-state index is 0.0693. The number of methoxy groups -OCH3 is 1. The van der Waals surface area contributed by atoms with Crippen LogP contribution in [-0.4, -0.2) is 18.1 Å². The summed E-state index contributed by atoms with van der Waals surface area (Å²) in [6, 6.07) is 1.03. The van der Waals surface area contributed by atoms with Crippen LogP contribution in [0.1, 0.15) is 28.2 Å². The lowest BCUT2D eigenvalue weighted by molar-refractivity contribution is 0.0593. The van der Waals surface area contributed by atoms with E-state index in [1.54, 1.807) is 0 Å². The average Bonchev–Trinajstić information content (AvgIpc) is 2.27. The Hall–Kier alpha value is -0.750. The molecule has 0 aliphatic rings. The monoisotopic (exact) mass is 313 g/mol. The van der Waals surface area contributed by atoms with Crippen molar-refractivity contribution >= 4 is 33.5 Å². The molecule has 0 aromatic carbocycles. The first-order chi connectivity index (χ1) is 7.51. The summed E-state index contributed by atoms with van der Waals surface area (Å²) in [7, 11) is 1.16. The third-order valence-electron chi connectivity index (χ3n) is 1.83. The number of ether oxygens (including phenoxy) is 1. The number of hydrogen-bond acceptors (Lipinski definition) is 3. The smallest absolute Gasteiger partial charge is 0.358 e. The summed E-state index contributed by atoms with van der Waals surface area (Å²) in [6.45, 7) is 0. The van der Waals surface area contributed by atoms with E-state index in [2.05, 4.69) is 25.7 Å². The maximum atomic E-state index is 12.6. The zero-order valence-corrected chi connectivity index (χ0v) is 10.5. The molecular weight excluding hydrogens is 307 g/mol. The Bertz CT molecular complexity index is 415. The number of carbonyl (C=O) groups excluding carboxylic acids is 1. The van der Waals surface area contributed by atoms with Gasteiger partial charge in [-0.25, -0.2) is 18.6 Å². The van der Waals surface area contributed by atoms with Crippen LogP contribution in [0.3, 0.4) is 0 Å². The van der Waals surface area contributed by atoms with Crippen LogP contribution in [0, 0.1) is 0 Å². The molecule has 7 heteroatoms. The molecule has 0 N–H and O–H groups in total. The number of pyridine rings is 1. The molecule has 88 valence electrons. The van der Waals surface area contributed by atoms with E-state index in [4.69, 9.17) is 11.6 Å². The maximum absolute atomic E-state index is 12.6. The molecule has 0 spiro atoms. The van der Waals surface area contributed by atoms with Gasteiger partial charge in [0.25, 0.3) is 6.43 Å². The first-order valence-electron chi connectivity index (χ1n) is 4.13. The van der Waals surface area contributed by atoms with Gasteiger partial charge in [0, 0.05) is 10.9 Å². The zero-order chi connectivity index (χ0) is 12.3. The Morgan fingerprint density at radius 2 is 2.31 bits per heavy atom. The first-order valence-corrected chi connectivity index (χ1v) is 5.63. The summed E-state index contributed by atoms with van der Waals surface area (Å²) in [5.74, 6) is -0.756. The summed E-state index contributed by atoms with van der Waals surface area (Å²) in [5, 5.41) is -0.0414. The summed E-state index contributed by atoms with van der Waals surface area (Å²) in [5.41, 5.74) is -0.391. The van der Waals surface area contributed by atoms with Crippen LogP contribution < -0.4 is 0 Å². The van der Waals surface area contributed by atoms with Crippen LogP contribution in [0.25, 0.3) is 0 Å². The van der Waals surface area contributed by atoms with Crippen LogP contribution >= 0.6 is 27.5 Å². The van der Waals surface area contributed by atoms with E-state index < -0.39 is 12.4 Å². The summed E-state index contributed by atoms with van der Waals surface area (Å²) < 4.78 is 29.6. The molecule has 0 fully saturated rings. The summed E-state index contributed by atoms with van der Waals surface area (Å²) in [4.78, 5) is 15.0. The van der Waals surface area contributed by atoms with Gasteiger partial charge < -0.3 is 4.74 Å². The molecule has 0 saturated heterocycles. The zero-order valence-electron chi connectivity index (χ0n) is 8.14. The molecule has 0 unspecified atom stereocenters. The van der Waals surface area contributed by atoms with Gasteiger partial charge in [0.15, 0.2) is 5.69 Å². The fourth-order valence-corrected chi connectivity index (χ4v) is 1.76. The van der Waals surface area contributed by atoms with E-state index in [0.29, 0.717) is 0 Å². The highest BCUT2D eigenvalue weighted by Crippen LogP contribution is 2.28. The number of aromatic nitrogens is 1. The maximum Gasteiger partial charge on any atom is 0.358 e. The third kappa shape index (κ3) is 2.68. The molecule has 0 atom stereocenters. The molecule has 1 aromatic rings. The van der Waals surface area contributed by atoms with Crippen molar-refractivity contribution in [2.24, 2.45) is 0 Å². The number of carbonyl (C=O) groups is 1. The van der Waals surface area contributed by atoms with Gasteiger partial charge in [-0.2, -0.15) is 0 Å². The fourth-order valence-electron chi connectivity index (χ4n) is 1.08. The topological polar surface area (TPSA) is 39.2 Å². The van der Waals surface area contributed by atoms with Crippen LogP contribution in [0.5, 0.6) is 0 Å². The van der Waals surface area contributed by atoms with Gasteiger partial charge >= 0.3 is 5.97 Å². The van der Waals surface area contributed by atoms with E-state index in [1.807, 2.05) is 0 Å². The minimum Gasteiger partial charge on any atom is -0.464 e. The third-order valence-corrected chi connectivity index (χ3v) is 2.65. The molecule has 0 aliphatic heterocycles. The molecule has 0 aliphatic carbocycles. The highest BCUT2D eigenvalue weighted by molar-refractivity contribution is 9.08. The van der Waals surface area contributed by atoms with Crippen molar-refractivity contribution in [3.05, 3.63) is 28.0 Å². The lowest BCUT2D eigenvalue weighted by Crippen LogP contribution is -2.09. The number of hydrogen-bond donors (Lipinski definition) is 0. The summed E-state index contributed by atoms with van der Waals surface area (Å²) >= 11 is 8.68. The lowest BCUT2D eigenvalue weighted by Gasteiger charge is -2.09. The SMILES string of the molecule is COC(=O)c1nc(CBr)c(C(F)F)cc1Cl. The summed E-state index contributed by atoms with van der Waals surface area (Å²) in [6.07, 6.45) is -2.69. The van der Waals surface area contributed by atoms with Crippen molar-refractivity contribution in [1.82, 2.24) is 4.98 Å². The normalized spacial score (nSPS) is 10.6. The van der Waals surface area contributed by atoms with Crippen molar-refractivity contribution in [1.29, 1.82) is 0 Å². The number of alkyl halides is 3. The van der Waals surface area contributed by atoms with Crippen LogP contribution in [0.4, 0.5) is 8.78 Å². The van der Waals surface area contributed by atoms with Gasteiger partial charge in [-0.15, -0.1) is 0 Å². The second-order valence-corrected chi connectivity index (χ2v) is 3.75. The van der Waals surface area contributed by atoms with Crippen LogP contribution in [0.15, 0.2) is 6.07 Å². The van der Waals surface area contributed by atoms with Crippen molar-refractivity contribution in [3.8, 4) is 0 Å². The van der Waals surface area contributed by atoms with Gasteiger partial charge in [-0.3, -0.25) is 0 Å². The van der Waals surface area contributed by atoms with Crippen LogP contribution in [0.2, 0.25) is 5.02 Å². The lowest BCUT2D eigenvalue weighted by atomic mass is 10.2. The average molecular weight is 315 g/mol. The molecule has 0 bridgehead atoms. The molecule has 0 saturated carbocycles.